The molecule has 2 aromatic rings. The molecule has 1 heterocycles. The number of carbonyl (C=O) groups is 3. The van der Waals surface area contributed by atoms with Crippen molar-refractivity contribution in [1.29, 1.82) is 0 Å². The van der Waals surface area contributed by atoms with Crippen molar-refractivity contribution >= 4 is 23.5 Å². The van der Waals surface area contributed by atoms with Crippen LogP contribution in [-0.2, 0) is 25.7 Å². The molecule has 0 fully saturated rings. The standard InChI is InChI=1S/C18H20N2O5/c1-13-5-2-3-7-15(13)20-17(22)12-25-18(23)9-8-16(21)19-11-14-6-4-10-24-14/h2-7,10H,8-9,11-12H2,1H3,(H,19,21)(H,20,22). The van der Waals surface area contributed by atoms with Gasteiger partial charge >= 0.3 is 5.97 Å². The summed E-state index contributed by atoms with van der Waals surface area (Å²) >= 11 is 0. The van der Waals surface area contributed by atoms with Gasteiger partial charge in [0.2, 0.25) is 5.91 Å². The summed E-state index contributed by atoms with van der Waals surface area (Å²) in [7, 11) is 0. The van der Waals surface area contributed by atoms with E-state index in [2.05, 4.69) is 10.6 Å². The van der Waals surface area contributed by atoms with Crippen LogP contribution >= 0.6 is 0 Å². The Bertz CT molecular complexity index is 725. The van der Waals surface area contributed by atoms with Gasteiger partial charge in [0.25, 0.3) is 5.91 Å². The zero-order valence-corrected chi connectivity index (χ0v) is 13.9. The lowest BCUT2D eigenvalue weighted by Gasteiger charge is -2.08. The van der Waals surface area contributed by atoms with Gasteiger partial charge in [0.15, 0.2) is 6.61 Å². The van der Waals surface area contributed by atoms with E-state index in [0.29, 0.717) is 11.4 Å². The highest BCUT2D eigenvalue weighted by atomic mass is 16.5. The van der Waals surface area contributed by atoms with Gasteiger partial charge in [-0.15, -0.1) is 0 Å². The number of carbonyl (C=O) groups excluding carboxylic acids is 3. The molecule has 0 aliphatic rings. The van der Waals surface area contributed by atoms with Crippen LogP contribution in [0.25, 0.3) is 0 Å². The summed E-state index contributed by atoms with van der Waals surface area (Å²) < 4.78 is 9.95. The first-order valence-electron chi connectivity index (χ1n) is 7.85. The molecule has 132 valence electrons. The average Bonchev–Trinajstić information content (AvgIpc) is 3.12. The molecule has 0 bridgehead atoms. The summed E-state index contributed by atoms with van der Waals surface area (Å²) in [6, 6.07) is 10.8. The van der Waals surface area contributed by atoms with Crippen molar-refractivity contribution in [2.45, 2.75) is 26.3 Å². The van der Waals surface area contributed by atoms with Gasteiger partial charge in [-0.05, 0) is 30.7 Å². The Morgan fingerprint density at radius 1 is 1.04 bits per heavy atom. The number of ether oxygens (including phenoxy) is 1. The third kappa shape index (κ3) is 6.50. The predicted molar refractivity (Wildman–Crippen MR) is 90.6 cm³/mol. The van der Waals surface area contributed by atoms with E-state index in [0.717, 1.165) is 5.56 Å². The number of hydrogen-bond donors (Lipinski definition) is 2. The number of hydrogen-bond acceptors (Lipinski definition) is 5. The number of nitrogens with one attached hydrogen (secondary N) is 2. The Labute approximate surface area is 145 Å². The molecule has 0 saturated carbocycles. The lowest BCUT2D eigenvalue weighted by Crippen LogP contribution is -2.24. The van der Waals surface area contributed by atoms with E-state index in [4.69, 9.17) is 9.15 Å². The minimum atomic E-state index is -0.604. The van der Waals surface area contributed by atoms with Crippen molar-refractivity contribution in [1.82, 2.24) is 5.32 Å². The van der Waals surface area contributed by atoms with E-state index in [1.165, 1.54) is 6.26 Å². The molecular weight excluding hydrogens is 324 g/mol. The Morgan fingerprint density at radius 2 is 1.84 bits per heavy atom. The SMILES string of the molecule is Cc1ccccc1NC(=O)COC(=O)CCC(=O)NCc1ccco1. The van der Waals surface area contributed by atoms with E-state index >= 15 is 0 Å². The highest BCUT2D eigenvalue weighted by Gasteiger charge is 2.11. The smallest absolute Gasteiger partial charge is 0.306 e. The second-order valence-electron chi connectivity index (χ2n) is 5.38. The Balaban J connectivity index is 1.62. The third-order valence-electron chi connectivity index (χ3n) is 3.38. The van der Waals surface area contributed by atoms with Crippen LogP contribution < -0.4 is 10.6 Å². The van der Waals surface area contributed by atoms with Gasteiger partial charge in [-0.1, -0.05) is 18.2 Å². The van der Waals surface area contributed by atoms with Gasteiger partial charge in [0, 0.05) is 12.1 Å². The summed E-state index contributed by atoms with van der Waals surface area (Å²) in [4.78, 5) is 35.0. The molecule has 2 rings (SSSR count). The fourth-order valence-corrected chi connectivity index (χ4v) is 2.02. The van der Waals surface area contributed by atoms with E-state index < -0.39 is 11.9 Å². The maximum absolute atomic E-state index is 11.8. The van der Waals surface area contributed by atoms with Crippen LogP contribution in [0, 0.1) is 6.92 Å². The highest BCUT2D eigenvalue weighted by Crippen LogP contribution is 2.12. The second-order valence-corrected chi connectivity index (χ2v) is 5.38. The molecule has 0 radical (unpaired) electrons. The average molecular weight is 344 g/mol. The lowest BCUT2D eigenvalue weighted by molar-refractivity contribution is -0.148. The second kappa shape index (κ2) is 9.27. The molecule has 0 atom stereocenters. The first-order chi connectivity index (χ1) is 12.0. The van der Waals surface area contributed by atoms with E-state index in [-0.39, 0.29) is 31.9 Å². The summed E-state index contributed by atoms with van der Waals surface area (Å²) in [5, 5.41) is 5.28. The largest absolute Gasteiger partial charge is 0.467 e. The van der Waals surface area contributed by atoms with Crippen molar-refractivity contribution in [3.05, 3.63) is 54.0 Å². The van der Waals surface area contributed by atoms with Gasteiger partial charge in [0.05, 0.1) is 19.2 Å². The number of para-hydroxylation sites is 1. The number of rotatable bonds is 8. The molecule has 25 heavy (non-hydrogen) atoms. The monoisotopic (exact) mass is 344 g/mol. The Morgan fingerprint density at radius 3 is 2.56 bits per heavy atom. The predicted octanol–water partition coefficient (Wildman–Crippen LogP) is 2.17. The van der Waals surface area contributed by atoms with E-state index in [1.54, 1.807) is 24.3 Å². The number of furan rings is 1. The highest BCUT2D eigenvalue weighted by molar-refractivity contribution is 5.93. The van der Waals surface area contributed by atoms with Crippen LogP contribution in [0.1, 0.15) is 24.2 Å². The Kier molecular flexibility index (Phi) is 6.76. The fourth-order valence-electron chi connectivity index (χ4n) is 2.02. The van der Waals surface area contributed by atoms with Crippen LogP contribution in [0.4, 0.5) is 5.69 Å². The van der Waals surface area contributed by atoms with Crippen molar-refractivity contribution in [2.75, 3.05) is 11.9 Å². The van der Waals surface area contributed by atoms with Crippen molar-refractivity contribution in [3.63, 3.8) is 0 Å². The molecule has 0 aliphatic carbocycles. The molecule has 7 heteroatoms. The molecule has 2 N–H and O–H groups in total. The van der Waals surface area contributed by atoms with Gasteiger partial charge in [0.1, 0.15) is 5.76 Å². The first kappa shape index (κ1) is 18.3. The molecule has 0 aliphatic heterocycles. The molecule has 1 aromatic carbocycles. The molecule has 1 aromatic heterocycles. The summed E-state index contributed by atoms with van der Waals surface area (Å²) in [5.74, 6) is -0.695. The minimum Gasteiger partial charge on any atom is -0.467 e. The summed E-state index contributed by atoms with van der Waals surface area (Å²) in [5.41, 5.74) is 1.58. The third-order valence-corrected chi connectivity index (χ3v) is 3.38. The van der Waals surface area contributed by atoms with E-state index in [9.17, 15) is 14.4 Å². The quantitative estimate of drug-likeness (QED) is 0.715. The first-order valence-corrected chi connectivity index (χ1v) is 7.85. The van der Waals surface area contributed by atoms with Crippen LogP contribution in [0.3, 0.4) is 0 Å². The van der Waals surface area contributed by atoms with Gasteiger partial charge in [-0.3, -0.25) is 14.4 Å². The number of benzene rings is 1. The maximum atomic E-state index is 11.8. The van der Waals surface area contributed by atoms with Crippen LogP contribution in [0.5, 0.6) is 0 Å². The molecule has 7 nitrogen and oxygen atoms in total. The van der Waals surface area contributed by atoms with Crippen LogP contribution in [0.2, 0.25) is 0 Å². The summed E-state index contributed by atoms with van der Waals surface area (Å²) in [6.45, 7) is 1.74. The zero-order chi connectivity index (χ0) is 18.1. The summed E-state index contributed by atoms with van der Waals surface area (Å²) in [6.07, 6.45) is 1.40. The molecule has 2 amide bonds. The fraction of sp³-hybridized carbons (Fsp3) is 0.278. The molecule has 0 unspecified atom stereocenters. The molecular formula is C18H20N2O5. The number of esters is 1. The van der Waals surface area contributed by atoms with Crippen molar-refractivity contribution in [3.8, 4) is 0 Å². The van der Waals surface area contributed by atoms with Gasteiger partial charge < -0.3 is 19.8 Å². The van der Waals surface area contributed by atoms with Crippen molar-refractivity contribution in [2.24, 2.45) is 0 Å². The number of anilines is 1. The molecule has 0 saturated heterocycles. The van der Waals surface area contributed by atoms with Gasteiger partial charge in [-0.25, -0.2) is 0 Å². The minimum absolute atomic E-state index is 0.0149. The van der Waals surface area contributed by atoms with Crippen molar-refractivity contribution < 1.29 is 23.5 Å². The van der Waals surface area contributed by atoms with Gasteiger partial charge in [-0.2, -0.15) is 0 Å². The lowest BCUT2D eigenvalue weighted by atomic mass is 10.2. The van der Waals surface area contributed by atoms with Crippen LogP contribution in [0.15, 0.2) is 47.1 Å². The number of aryl methyl sites for hydroxylation is 1. The van der Waals surface area contributed by atoms with E-state index in [1.807, 2.05) is 19.1 Å². The zero-order valence-electron chi connectivity index (χ0n) is 13.9. The number of amides is 2. The van der Waals surface area contributed by atoms with Crippen LogP contribution in [-0.4, -0.2) is 24.4 Å². The molecule has 0 spiro atoms. The topological polar surface area (TPSA) is 97.6 Å². The normalized spacial score (nSPS) is 10.1. The maximum Gasteiger partial charge on any atom is 0.306 e. The Hall–Kier alpha value is -3.09.